The van der Waals surface area contributed by atoms with E-state index in [1.807, 2.05) is 0 Å². The van der Waals surface area contributed by atoms with E-state index in [-0.39, 0.29) is 58.4 Å². The van der Waals surface area contributed by atoms with Crippen LogP contribution in [0.4, 0.5) is 0 Å². The molecule has 1 aliphatic carbocycles. The summed E-state index contributed by atoms with van der Waals surface area (Å²) in [6, 6.07) is 25.7. The Morgan fingerprint density at radius 1 is 0.633 bits per heavy atom. The summed E-state index contributed by atoms with van der Waals surface area (Å²) in [4.78, 5) is 0. The number of aryl methyl sites for hydroxylation is 2. The first-order chi connectivity index (χ1) is 12.7. The SMILES string of the molecule is Cc1cc2ccccc2[cH-]1.Cc1cc2ccccc2[cH-]1.[CH-]1CCCCC1.[CH3-].[Cl-].[Cl-].[Zr+2]. The van der Waals surface area contributed by atoms with Gasteiger partial charge in [0.15, 0.2) is 0 Å². The Labute approximate surface area is 215 Å². The van der Waals surface area contributed by atoms with Crippen molar-refractivity contribution < 1.29 is 51.0 Å². The van der Waals surface area contributed by atoms with Gasteiger partial charge in [-0.2, -0.15) is 25.0 Å². The van der Waals surface area contributed by atoms with Gasteiger partial charge in [-0.1, -0.05) is 45.2 Å². The van der Waals surface area contributed by atoms with Crippen molar-refractivity contribution in [3.8, 4) is 0 Å². The van der Waals surface area contributed by atoms with Crippen molar-refractivity contribution >= 4 is 21.5 Å². The van der Waals surface area contributed by atoms with E-state index in [2.05, 4.69) is 93.1 Å². The van der Waals surface area contributed by atoms with Crippen LogP contribution in [0.25, 0.3) is 21.5 Å². The minimum absolute atomic E-state index is 0. The Bertz CT molecular complexity index is 783. The molecule has 0 radical (unpaired) electrons. The Morgan fingerprint density at radius 3 is 1.33 bits per heavy atom. The van der Waals surface area contributed by atoms with Gasteiger partial charge in [0.05, 0.1) is 0 Å². The molecule has 162 valence electrons. The molecule has 0 bridgehead atoms. The van der Waals surface area contributed by atoms with Crippen LogP contribution in [-0.4, -0.2) is 0 Å². The maximum Gasteiger partial charge on any atom is 2.00 e. The monoisotopic (exact) mass is 516 g/mol. The van der Waals surface area contributed by atoms with Crippen molar-refractivity contribution in [1.82, 2.24) is 0 Å². The van der Waals surface area contributed by atoms with Crippen molar-refractivity contribution in [3.05, 3.63) is 97.8 Å². The van der Waals surface area contributed by atoms with Crippen molar-refractivity contribution in [2.75, 3.05) is 0 Å². The van der Waals surface area contributed by atoms with Gasteiger partial charge < -0.3 is 38.7 Å². The van der Waals surface area contributed by atoms with Gasteiger partial charge in [0.25, 0.3) is 0 Å². The molecule has 0 N–H and O–H groups in total. The molecule has 5 rings (SSSR count). The molecule has 0 saturated heterocycles. The maximum atomic E-state index is 2.39. The summed E-state index contributed by atoms with van der Waals surface area (Å²) in [6.45, 7) is 4.25. The van der Waals surface area contributed by atoms with Crippen molar-refractivity contribution in [3.63, 3.8) is 0 Å². The number of benzene rings is 2. The molecule has 0 heterocycles. The van der Waals surface area contributed by atoms with Gasteiger partial charge in [-0.05, 0) is 0 Å². The number of hydrogen-bond donors (Lipinski definition) is 0. The van der Waals surface area contributed by atoms with E-state index in [0.717, 1.165) is 0 Å². The van der Waals surface area contributed by atoms with E-state index in [4.69, 9.17) is 0 Å². The van der Waals surface area contributed by atoms with E-state index in [1.54, 1.807) is 0 Å². The average molecular weight is 519 g/mol. The summed E-state index contributed by atoms with van der Waals surface area (Å²) in [7, 11) is 0. The molecule has 0 aromatic heterocycles. The number of hydrogen-bond acceptors (Lipinski definition) is 0. The third kappa shape index (κ3) is 9.95. The molecule has 1 aliphatic rings. The van der Waals surface area contributed by atoms with Crippen LogP contribution in [-0.2, 0) is 26.2 Å². The van der Waals surface area contributed by atoms with Gasteiger partial charge in [0.1, 0.15) is 0 Å². The quantitative estimate of drug-likeness (QED) is 0.314. The van der Waals surface area contributed by atoms with Crippen molar-refractivity contribution in [2.24, 2.45) is 0 Å². The number of halogens is 2. The first-order valence-corrected chi connectivity index (χ1v) is 9.78. The molecule has 3 heteroatoms. The summed E-state index contributed by atoms with van der Waals surface area (Å²) in [6.07, 6.45) is 9.50. The minimum atomic E-state index is 0. The molecule has 4 aromatic carbocycles. The molecular formula is C27H32Cl2Zr-4. The minimum Gasteiger partial charge on any atom is -1.00 e. The molecule has 0 atom stereocenters. The fraction of sp³-hybridized carbons (Fsp3) is 0.259. The van der Waals surface area contributed by atoms with Gasteiger partial charge in [-0.15, -0.1) is 81.2 Å². The van der Waals surface area contributed by atoms with E-state index in [0.29, 0.717) is 0 Å². The van der Waals surface area contributed by atoms with Crippen LogP contribution in [0.3, 0.4) is 0 Å². The van der Waals surface area contributed by atoms with E-state index in [9.17, 15) is 0 Å². The molecule has 0 nitrogen and oxygen atoms in total. The third-order valence-electron chi connectivity index (χ3n) is 4.84. The third-order valence-corrected chi connectivity index (χ3v) is 4.84. The molecule has 0 amide bonds. The van der Waals surface area contributed by atoms with Crippen LogP contribution in [0.1, 0.15) is 43.2 Å². The van der Waals surface area contributed by atoms with Crippen LogP contribution in [0, 0.1) is 27.7 Å². The van der Waals surface area contributed by atoms with E-state index in [1.165, 1.54) is 64.8 Å². The number of rotatable bonds is 0. The molecule has 0 spiro atoms. The fourth-order valence-corrected chi connectivity index (χ4v) is 3.51. The zero-order valence-corrected chi connectivity index (χ0v) is 22.3. The Kier molecular flexibility index (Phi) is 17.5. The van der Waals surface area contributed by atoms with Gasteiger partial charge in [0.2, 0.25) is 0 Å². The maximum absolute atomic E-state index is 2.39. The van der Waals surface area contributed by atoms with Gasteiger partial charge in [0, 0.05) is 0 Å². The zero-order valence-electron chi connectivity index (χ0n) is 18.3. The summed E-state index contributed by atoms with van der Waals surface area (Å²) in [5.74, 6) is 0. The van der Waals surface area contributed by atoms with Crippen LogP contribution < -0.4 is 24.8 Å². The Morgan fingerprint density at radius 2 is 1.03 bits per heavy atom. The smallest absolute Gasteiger partial charge is 1.00 e. The fourth-order valence-electron chi connectivity index (χ4n) is 3.51. The second kappa shape index (κ2) is 16.8. The van der Waals surface area contributed by atoms with Crippen LogP contribution in [0.5, 0.6) is 0 Å². The van der Waals surface area contributed by atoms with Crippen LogP contribution in [0.2, 0.25) is 0 Å². The predicted molar refractivity (Wildman–Crippen MR) is 122 cm³/mol. The largest absolute Gasteiger partial charge is 2.00 e. The summed E-state index contributed by atoms with van der Waals surface area (Å²) in [5.41, 5.74) is 2.70. The molecule has 30 heavy (non-hydrogen) atoms. The zero-order chi connectivity index (χ0) is 18.2. The Hall–Kier alpha value is -0.877. The summed E-state index contributed by atoms with van der Waals surface area (Å²) >= 11 is 0. The average Bonchev–Trinajstić information content (AvgIpc) is 3.24. The van der Waals surface area contributed by atoms with Crippen molar-refractivity contribution in [1.29, 1.82) is 0 Å². The molecule has 1 fully saturated rings. The molecule has 1 saturated carbocycles. The predicted octanol–water partition coefficient (Wildman–Crippen LogP) is 2.34. The summed E-state index contributed by atoms with van der Waals surface area (Å²) in [5, 5.41) is 5.39. The first kappa shape index (κ1) is 31.3. The normalized spacial score (nSPS) is 11.8. The van der Waals surface area contributed by atoms with Gasteiger partial charge in [-0.3, -0.25) is 0 Å². The van der Waals surface area contributed by atoms with Crippen molar-refractivity contribution in [2.45, 2.75) is 46.0 Å². The molecule has 0 unspecified atom stereocenters. The van der Waals surface area contributed by atoms with Gasteiger partial charge in [-0.25, -0.2) is 0 Å². The summed E-state index contributed by atoms with van der Waals surface area (Å²) < 4.78 is 0. The van der Waals surface area contributed by atoms with E-state index < -0.39 is 0 Å². The van der Waals surface area contributed by atoms with Crippen LogP contribution in [0.15, 0.2) is 72.8 Å². The van der Waals surface area contributed by atoms with E-state index >= 15 is 0 Å². The second-order valence-electron chi connectivity index (χ2n) is 7.25. The first-order valence-electron chi connectivity index (χ1n) is 9.78. The standard InChI is InChI=1S/2C10H9.C6H11.CH3.2ClH.Zr/c2*1-8-6-9-4-2-3-5-10(9)7-8;1-2-4-6-5-3-1;;;;/h2*2-7H,1H3;1H,2-6H2;1H3;2*1H;/q4*-1;;;+2/p-2. The topological polar surface area (TPSA) is 0 Å². The molecule has 0 aliphatic heterocycles. The molecule has 4 aromatic rings. The Balaban J connectivity index is 0. The van der Waals surface area contributed by atoms with Crippen LogP contribution >= 0.6 is 0 Å². The van der Waals surface area contributed by atoms with Gasteiger partial charge >= 0.3 is 26.2 Å². The number of fused-ring (bicyclic) bond motifs is 2. The second-order valence-corrected chi connectivity index (χ2v) is 7.25. The molecular weight excluding hydrogens is 486 g/mol.